The average Bonchev–Trinajstić information content (AvgIpc) is 3.11. The van der Waals surface area contributed by atoms with Gasteiger partial charge in [0.15, 0.2) is 5.65 Å². The first-order valence-corrected chi connectivity index (χ1v) is 9.18. The van der Waals surface area contributed by atoms with E-state index in [1.54, 1.807) is 0 Å². The summed E-state index contributed by atoms with van der Waals surface area (Å²) >= 11 is 0. The molecular formula is C20H20N6O. The summed E-state index contributed by atoms with van der Waals surface area (Å²) in [5.74, 6) is 1.46. The van der Waals surface area contributed by atoms with Crippen molar-refractivity contribution in [3.8, 4) is 0 Å². The topological polar surface area (TPSA) is 77.2 Å². The van der Waals surface area contributed by atoms with Crippen LogP contribution in [0.2, 0.25) is 0 Å². The number of fused-ring (bicyclic) bond motifs is 3. The number of hydrogen-bond donors (Lipinski definition) is 1. The predicted octanol–water partition coefficient (Wildman–Crippen LogP) is 3.31. The maximum absolute atomic E-state index is 5.97. The Kier molecular flexibility index (Phi) is 3.94. The molecule has 2 atom stereocenters. The Morgan fingerprint density at radius 3 is 2.85 bits per heavy atom. The van der Waals surface area contributed by atoms with Gasteiger partial charge < -0.3 is 10.1 Å². The van der Waals surface area contributed by atoms with Crippen LogP contribution >= 0.6 is 0 Å². The fourth-order valence-corrected chi connectivity index (χ4v) is 3.67. The molecule has 27 heavy (non-hydrogen) atoms. The molecule has 2 unspecified atom stereocenters. The van der Waals surface area contributed by atoms with Gasteiger partial charge in [-0.25, -0.2) is 9.97 Å². The lowest BCUT2D eigenvalue weighted by atomic mass is 9.98. The molecule has 136 valence electrons. The number of anilines is 1. The number of aryl methyl sites for hydroxylation is 1. The highest BCUT2D eigenvalue weighted by Crippen LogP contribution is 2.30. The van der Waals surface area contributed by atoms with E-state index in [0.29, 0.717) is 6.61 Å². The lowest BCUT2D eigenvalue weighted by Gasteiger charge is -2.30. The molecule has 0 amide bonds. The second-order valence-electron chi connectivity index (χ2n) is 6.85. The predicted molar refractivity (Wildman–Crippen MR) is 103 cm³/mol. The normalized spacial score (nSPS) is 20.2. The Balaban J connectivity index is 1.48. The summed E-state index contributed by atoms with van der Waals surface area (Å²) in [5.41, 5.74) is 2.90. The largest absolute Gasteiger partial charge is 0.373 e. The Hall–Kier alpha value is -3.06. The Bertz CT molecular complexity index is 1090. The summed E-state index contributed by atoms with van der Waals surface area (Å²) in [6, 6.07) is 12.3. The van der Waals surface area contributed by atoms with E-state index in [9.17, 15) is 0 Å². The molecule has 0 radical (unpaired) electrons. The van der Waals surface area contributed by atoms with Crippen LogP contribution in [0.25, 0.3) is 16.6 Å². The van der Waals surface area contributed by atoms with Gasteiger partial charge in [-0.3, -0.25) is 4.98 Å². The van der Waals surface area contributed by atoms with Gasteiger partial charge in [0.05, 0.1) is 11.6 Å². The summed E-state index contributed by atoms with van der Waals surface area (Å²) in [7, 11) is 0. The van der Waals surface area contributed by atoms with E-state index in [-0.39, 0.29) is 12.1 Å². The third-order valence-electron chi connectivity index (χ3n) is 4.98. The minimum Gasteiger partial charge on any atom is -0.373 e. The molecule has 1 fully saturated rings. The van der Waals surface area contributed by atoms with E-state index in [1.807, 2.05) is 60.2 Å². The molecule has 5 rings (SSSR count). The minimum atomic E-state index is 0.0627. The van der Waals surface area contributed by atoms with Crippen LogP contribution in [0.15, 0.2) is 48.8 Å². The average molecular weight is 360 g/mol. The van der Waals surface area contributed by atoms with Crippen molar-refractivity contribution >= 4 is 22.5 Å². The minimum absolute atomic E-state index is 0.0627. The van der Waals surface area contributed by atoms with E-state index < -0.39 is 0 Å². The second-order valence-corrected chi connectivity index (χ2v) is 6.85. The van der Waals surface area contributed by atoms with Gasteiger partial charge in [0, 0.05) is 30.4 Å². The van der Waals surface area contributed by atoms with Gasteiger partial charge >= 0.3 is 0 Å². The van der Waals surface area contributed by atoms with Gasteiger partial charge in [0.2, 0.25) is 5.95 Å². The summed E-state index contributed by atoms with van der Waals surface area (Å²) < 4.78 is 7.78. The number of nitrogens with zero attached hydrogens (tertiary/aromatic N) is 5. The van der Waals surface area contributed by atoms with Gasteiger partial charge in [-0.15, -0.1) is 5.10 Å². The van der Waals surface area contributed by atoms with Crippen LogP contribution in [-0.4, -0.2) is 37.2 Å². The van der Waals surface area contributed by atoms with Crippen LogP contribution in [0.3, 0.4) is 0 Å². The number of rotatable bonds is 3. The zero-order valence-corrected chi connectivity index (χ0v) is 15.0. The summed E-state index contributed by atoms with van der Waals surface area (Å²) in [6.45, 7) is 2.61. The highest BCUT2D eigenvalue weighted by molar-refractivity contribution is 5.92. The molecule has 0 aliphatic carbocycles. The molecule has 7 nitrogen and oxygen atoms in total. The van der Waals surface area contributed by atoms with Crippen LogP contribution in [0.4, 0.5) is 5.95 Å². The Morgan fingerprint density at radius 2 is 1.96 bits per heavy atom. The third-order valence-corrected chi connectivity index (χ3v) is 4.98. The molecular weight excluding hydrogens is 340 g/mol. The molecule has 4 heterocycles. The second kappa shape index (κ2) is 6.59. The molecule has 1 saturated heterocycles. The molecule has 1 aromatic carbocycles. The van der Waals surface area contributed by atoms with Crippen molar-refractivity contribution in [1.29, 1.82) is 0 Å². The lowest BCUT2D eigenvalue weighted by Crippen LogP contribution is -2.31. The molecule has 4 aromatic rings. The number of para-hydroxylation sites is 1. The van der Waals surface area contributed by atoms with Crippen LogP contribution in [0, 0.1) is 6.92 Å². The van der Waals surface area contributed by atoms with Crippen LogP contribution in [-0.2, 0) is 4.74 Å². The zero-order valence-electron chi connectivity index (χ0n) is 15.0. The Morgan fingerprint density at radius 1 is 1.11 bits per heavy atom. The van der Waals surface area contributed by atoms with Crippen molar-refractivity contribution in [2.45, 2.75) is 31.9 Å². The van der Waals surface area contributed by atoms with Gasteiger partial charge in [0.1, 0.15) is 5.82 Å². The van der Waals surface area contributed by atoms with Crippen molar-refractivity contribution in [1.82, 2.24) is 24.6 Å². The van der Waals surface area contributed by atoms with Gasteiger partial charge in [0.25, 0.3) is 0 Å². The molecule has 1 aliphatic rings. The quantitative estimate of drug-likeness (QED) is 0.604. The van der Waals surface area contributed by atoms with E-state index >= 15 is 0 Å². The standard InChI is InChI=1S/C20H20N6O/c1-13-22-19-16-4-2-3-5-17(16)24-20(26(19)25-13)23-15-8-11-27-18(12-15)14-6-9-21-10-7-14/h2-7,9-10,15,18H,8,11-12H2,1H3,(H,23,24). The Labute approximate surface area is 156 Å². The maximum atomic E-state index is 5.97. The molecule has 7 heteroatoms. The summed E-state index contributed by atoms with van der Waals surface area (Å²) in [4.78, 5) is 13.5. The first-order chi connectivity index (χ1) is 13.3. The van der Waals surface area contributed by atoms with E-state index in [1.165, 1.54) is 0 Å². The van der Waals surface area contributed by atoms with Gasteiger partial charge in [-0.05, 0) is 49.6 Å². The fourth-order valence-electron chi connectivity index (χ4n) is 3.67. The van der Waals surface area contributed by atoms with Crippen molar-refractivity contribution in [3.63, 3.8) is 0 Å². The zero-order chi connectivity index (χ0) is 18.2. The lowest BCUT2D eigenvalue weighted by molar-refractivity contribution is 0.00962. The highest BCUT2D eigenvalue weighted by Gasteiger charge is 2.25. The van der Waals surface area contributed by atoms with Crippen LogP contribution in [0.1, 0.15) is 30.3 Å². The van der Waals surface area contributed by atoms with Crippen molar-refractivity contribution < 1.29 is 4.74 Å². The summed E-state index contributed by atoms with van der Waals surface area (Å²) in [5, 5.41) is 9.13. The van der Waals surface area contributed by atoms with Gasteiger partial charge in [-0.1, -0.05) is 12.1 Å². The molecule has 3 aromatic heterocycles. The molecule has 0 spiro atoms. The number of ether oxygens (including phenoxy) is 1. The van der Waals surface area contributed by atoms with Crippen molar-refractivity contribution in [2.75, 3.05) is 11.9 Å². The number of pyridine rings is 1. The van der Waals surface area contributed by atoms with E-state index in [2.05, 4.69) is 20.4 Å². The first kappa shape index (κ1) is 16.1. The molecule has 1 N–H and O–H groups in total. The maximum Gasteiger partial charge on any atom is 0.226 e. The number of hydrogen-bond acceptors (Lipinski definition) is 6. The van der Waals surface area contributed by atoms with Crippen LogP contribution in [0.5, 0.6) is 0 Å². The van der Waals surface area contributed by atoms with E-state index in [0.717, 1.165) is 46.7 Å². The number of aromatic nitrogens is 5. The SMILES string of the molecule is Cc1nc2c3ccccc3nc(NC3CCOC(c4ccncc4)C3)n2n1. The molecule has 0 saturated carbocycles. The monoisotopic (exact) mass is 360 g/mol. The third kappa shape index (κ3) is 3.00. The molecule has 1 aliphatic heterocycles. The summed E-state index contributed by atoms with van der Waals surface area (Å²) in [6.07, 6.45) is 5.47. The highest BCUT2D eigenvalue weighted by atomic mass is 16.5. The molecule has 0 bridgehead atoms. The number of benzene rings is 1. The van der Waals surface area contributed by atoms with E-state index in [4.69, 9.17) is 9.72 Å². The van der Waals surface area contributed by atoms with Crippen LogP contribution < -0.4 is 5.32 Å². The number of nitrogens with one attached hydrogen (secondary N) is 1. The fraction of sp³-hybridized carbons (Fsp3) is 0.300. The van der Waals surface area contributed by atoms with Crippen molar-refractivity contribution in [3.05, 3.63) is 60.2 Å². The smallest absolute Gasteiger partial charge is 0.226 e. The first-order valence-electron chi connectivity index (χ1n) is 9.18. The van der Waals surface area contributed by atoms with Crippen molar-refractivity contribution in [2.24, 2.45) is 0 Å². The van der Waals surface area contributed by atoms with Gasteiger partial charge in [-0.2, -0.15) is 4.52 Å².